The van der Waals surface area contributed by atoms with Gasteiger partial charge in [-0.3, -0.25) is 9.55 Å². The Bertz CT molecular complexity index is 1360. The van der Waals surface area contributed by atoms with Crippen LogP contribution in [0.15, 0.2) is 61.4 Å². The molecular formula is C24H24FN7O3S. The van der Waals surface area contributed by atoms with Gasteiger partial charge in [-0.2, -0.15) is 0 Å². The number of thiocarbonyl (C=S) groups is 1. The van der Waals surface area contributed by atoms with E-state index in [1.165, 1.54) is 18.5 Å². The topological polar surface area (TPSA) is 110 Å². The highest BCUT2D eigenvalue weighted by Crippen LogP contribution is 2.32. The zero-order valence-corrected chi connectivity index (χ0v) is 20.2. The van der Waals surface area contributed by atoms with Crippen LogP contribution in [-0.4, -0.2) is 60.6 Å². The minimum atomic E-state index is -0.759. The van der Waals surface area contributed by atoms with Crippen molar-refractivity contribution < 1.29 is 19.0 Å². The minimum Gasteiger partial charge on any atom is -0.468 e. The second-order valence-corrected chi connectivity index (χ2v) is 8.78. The van der Waals surface area contributed by atoms with E-state index in [2.05, 4.69) is 25.3 Å². The lowest BCUT2D eigenvalue weighted by Crippen LogP contribution is -2.29. The van der Waals surface area contributed by atoms with Crippen LogP contribution < -0.4 is 10.2 Å². The molecule has 0 amide bonds. The maximum atomic E-state index is 13.6. The number of aliphatic hydroxyl groups excluding tert-OH is 1. The summed E-state index contributed by atoms with van der Waals surface area (Å²) in [6, 6.07) is 10.0. The van der Waals surface area contributed by atoms with Gasteiger partial charge in [-0.25, -0.2) is 19.3 Å². The van der Waals surface area contributed by atoms with Crippen molar-refractivity contribution in [2.45, 2.75) is 31.4 Å². The molecule has 2 N–H and O–H groups in total. The number of halogens is 1. The Balaban J connectivity index is 1.25. The Morgan fingerprint density at radius 3 is 3.00 bits per heavy atom. The van der Waals surface area contributed by atoms with Crippen LogP contribution in [0.4, 0.5) is 15.9 Å². The lowest BCUT2D eigenvalue weighted by Gasteiger charge is -2.19. The molecule has 3 atom stereocenters. The van der Waals surface area contributed by atoms with Crippen LogP contribution in [0.2, 0.25) is 0 Å². The Morgan fingerprint density at radius 2 is 2.19 bits per heavy atom. The fourth-order valence-corrected chi connectivity index (χ4v) is 4.28. The number of nitrogens with one attached hydrogen (secondary N) is 1. The van der Waals surface area contributed by atoms with E-state index in [4.69, 9.17) is 21.7 Å². The van der Waals surface area contributed by atoms with Crippen LogP contribution in [0.3, 0.4) is 0 Å². The summed E-state index contributed by atoms with van der Waals surface area (Å²) >= 11 is 5.22. The van der Waals surface area contributed by atoms with Gasteiger partial charge >= 0.3 is 0 Å². The van der Waals surface area contributed by atoms with Crippen molar-refractivity contribution in [3.05, 3.63) is 72.8 Å². The van der Waals surface area contributed by atoms with Gasteiger partial charge in [0.15, 0.2) is 17.0 Å². The molecule has 0 spiro atoms. The number of nitrogens with zero attached hydrogens (tertiary/aromatic N) is 6. The predicted octanol–water partition coefficient (Wildman–Crippen LogP) is 3.06. The van der Waals surface area contributed by atoms with Crippen molar-refractivity contribution in [2.24, 2.45) is 0 Å². The normalized spacial score (nSPS) is 19.4. The third-order valence-electron chi connectivity index (χ3n) is 5.81. The Hall–Kier alpha value is -3.74. The Labute approximate surface area is 211 Å². The molecule has 0 saturated carbocycles. The average Bonchev–Trinajstić information content (AvgIpc) is 3.46. The van der Waals surface area contributed by atoms with Crippen LogP contribution in [-0.2, 0) is 16.0 Å². The van der Waals surface area contributed by atoms with Crippen LogP contribution in [0.25, 0.3) is 11.2 Å². The number of anilines is 2. The number of pyridine rings is 1. The predicted molar refractivity (Wildman–Crippen MR) is 135 cm³/mol. The van der Waals surface area contributed by atoms with Gasteiger partial charge in [0, 0.05) is 26.2 Å². The maximum Gasteiger partial charge on any atom is 0.261 e. The van der Waals surface area contributed by atoms with Gasteiger partial charge in [0.05, 0.1) is 24.3 Å². The molecule has 36 heavy (non-hydrogen) atoms. The van der Waals surface area contributed by atoms with Crippen LogP contribution in [0, 0.1) is 5.82 Å². The fraction of sp³-hybridized carbons (Fsp3) is 0.292. The first-order valence-corrected chi connectivity index (χ1v) is 11.7. The smallest absolute Gasteiger partial charge is 0.261 e. The van der Waals surface area contributed by atoms with E-state index in [1.54, 1.807) is 35.4 Å². The van der Waals surface area contributed by atoms with E-state index in [9.17, 15) is 9.50 Å². The Kier molecular flexibility index (Phi) is 6.98. The summed E-state index contributed by atoms with van der Waals surface area (Å²) in [6.07, 6.45) is 4.86. The van der Waals surface area contributed by atoms with Gasteiger partial charge in [0.2, 0.25) is 0 Å². The van der Waals surface area contributed by atoms with E-state index in [0.29, 0.717) is 35.6 Å². The summed E-state index contributed by atoms with van der Waals surface area (Å²) in [6.45, 7) is 0.523. The van der Waals surface area contributed by atoms with Crippen molar-refractivity contribution in [3.8, 4) is 0 Å². The fourth-order valence-electron chi connectivity index (χ4n) is 4.10. The molecule has 0 radical (unpaired) electrons. The number of benzene rings is 1. The number of aromatic nitrogens is 5. The number of hydrogen-bond acceptors (Lipinski definition) is 9. The zero-order chi connectivity index (χ0) is 25.1. The molecule has 5 rings (SSSR count). The molecule has 1 aliphatic heterocycles. The number of ether oxygens (including phenoxy) is 2. The highest BCUT2D eigenvalue weighted by molar-refractivity contribution is 7.80. The second kappa shape index (κ2) is 10.5. The van der Waals surface area contributed by atoms with Gasteiger partial charge in [-0.05, 0) is 42.0 Å². The molecule has 12 heteroatoms. The number of aliphatic hydroxyl groups is 1. The summed E-state index contributed by atoms with van der Waals surface area (Å²) < 4.78 is 27.0. The van der Waals surface area contributed by atoms with Crippen LogP contribution >= 0.6 is 12.2 Å². The molecule has 1 fully saturated rings. The molecule has 4 aromatic rings. The summed E-state index contributed by atoms with van der Waals surface area (Å²) in [7, 11) is 1.86. The number of imidazole rings is 1. The van der Waals surface area contributed by atoms with Gasteiger partial charge in [0.25, 0.3) is 5.17 Å². The number of rotatable bonds is 7. The zero-order valence-electron chi connectivity index (χ0n) is 19.4. The molecule has 4 heterocycles. The molecule has 186 valence electrons. The van der Waals surface area contributed by atoms with E-state index in [-0.39, 0.29) is 17.6 Å². The summed E-state index contributed by atoms with van der Waals surface area (Å²) in [5, 5.41) is 13.7. The van der Waals surface area contributed by atoms with Crippen LogP contribution in [0.5, 0.6) is 0 Å². The lowest BCUT2D eigenvalue weighted by molar-refractivity contribution is -0.0398. The van der Waals surface area contributed by atoms with Gasteiger partial charge < -0.3 is 24.8 Å². The highest BCUT2D eigenvalue weighted by Gasteiger charge is 2.36. The monoisotopic (exact) mass is 509 g/mol. The van der Waals surface area contributed by atoms with E-state index >= 15 is 0 Å². The minimum absolute atomic E-state index is 0.0764. The van der Waals surface area contributed by atoms with E-state index < -0.39 is 18.4 Å². The first kappa shape index (κ1) is 24.0. The summed E-state index contributed by atoms with van der Waals surface area (Å²) in [5.41, 5.74) is 2.66. The van der Waals surface area contributed by atoms with Crippen LogP contribution in [0.1, 0.15) is 18.2 Å². The molecule has 0 aliphatic carbocycles. The maximum absolute atomic E-state index is 13.6. The highest BCUT2D eigenvalue weighted by atomic mass is 32.1. The standard InChI is InChI=1S/C24H24FN7O3S/c1-31(11-15-4-2-5-16(25)8-15)22-21-23(28-13-27-22)32(14-29-21)20-9-18(33)19(35-20)12-34-24(36)30-17-6-3-7-26-10-17/h2-8,10,13-14,18-20,33H,9,11-12H2,1H3,(H,30,36)/t18-,19+,20+/m0/s1. The van der Waals surface area contributed by atoms with Crippen molar-refractivity contribution in [1.82, 2.24) is 24.5 Å². The molecule has 10 nitrogen and oxygen atoms in total. The SMILES string of the molecule is CN(Cc1cccc(F)c1)c1ncnc2c1ncn2[C@H]1C[C@H](O)[C@@H](COC(=S)Nc2cccnc2)O1. The van der Waals surface area contributed by atoms with Gasteiger partial charge in [0.1, 0.15) is 31.1 Å². The second-order valence-electron chi connectivity index (χ2n) is 8.40. The molecule has 1 aromatic carbocycles. The van der Waals surface area contributed by atoms with Gasteiger partial charge in [-0.1, -0.05) is 12.1 Å². The van der Waals surface area contributed by atoms with Gasteiger partial charge in [-0.15, -0.1) is 0 Å². The van der Waals surface area contributed by atoms with Crippen molar-refractivity contribution in [3.63, 3.8) is 0 Å². The molecule has 3 aromatic heterocycles. The first-order valence-electron chi connectivity index (χ1n) is 11.3. The largest absolute Gasteiger partial charge is 0.468 e. The molecular weight excluding hydrogens is 485 g/mol. The number of fused-ring (bicyclic) bond motifs is 1. The lowest BCUT2D eigenvalue weighted by atomic mass is 10.2. The Morgan fingerprint density at radius 1 is 1.31 bits per heavy atom. The molecule has 1 saturated heterocycles. The molecule has 0 bridgehead atoms. The summed E-state index contributed by atoms with van der Waals surface area (Å²) in [4.78, 5) is 19.2. The van der Waals surface area contributed by atoms with E-state index in [1.807, 2.05) is 24.1 Å². The third-order valence-corrected chi connectivity index (χ3v) is 6.03. The van der Waals surface area contributed by atoms with Crippen molar-refractivity contribution in [1.29, 1.82) is 0 Å². The average molecular weight is 510 g/mol. The quantitative estimate of drug-likeness (QED) is 0.361. The van der Waals surface area contributed by atoms with E-state index in [0.717, 1.165) is 5.56 Å². The van der Waals surface area contributed by atoms with Crippen molar-refractivity contribution in [2.75, 3.05) is 23.9 Å². The number of hydrogen-bond donors (Lipinski definition) is 2. The summed E-state index contributed by atoms with van der Waals surface area (Å²) in [5.74, 6) is 0.315. The third kappa shape index (κ3) is 5.25. The molecule has 0 unspecified atom stereocenters. The van der Waals surface area contributed by atoms with Crippen molar-refractivity contribution >= 4 is 40.1 Å². The molecule has 1 aliphatic rings. The first-order chi connectivity index (χ1) is 17.5.